The predicted octanol–water partition coefficient (Wildman–Crippen LogP) is 4.65. The van der Waals surface area contributed by atoms with E-state index < -0.39 is 8.32 Å². The van der Waals surface area contributed by atoms with Gasteiger partial charge in [0.15, 0.2) is 0 Å². The number of benzene rings is 2. The Morgan fingerprint density at radius 2 is 1.44 bits per heavy atom. The van der Waals surface area contributed by atoms with Crippen LogP contribution in [0.1, 0.15) is 33.6 Å². The Morgan fingerprint density at radius 1 is 0.920 bits per heavy atom. The third kappa shape index (κ3) is 4.51. The molecule has 0 saturated heterocycles. The lowest BCUT2D eigenvalue weighted by molar-refractivity contribution is 0.289. The summed E-state index contributed by atoms with van der Waals surface area (Å²) < 4.78 is 6.75. The van der Waals surface area contributed by atoms with Crippen LogP contribution in [0, 0.1) is 0 Å². The molecule has 0 spiro atoms. The van der Waals surface area contributed by atoms with E-state index in [1.807, 2.05) is 0 Å². The Hall–Kier alpha value is -2.07. The van der Waals surface area contributed by atoms with Gasteiger partial charge in [0.05, 0.1) is 0 Å². The van der Waals surface area contributed by atoms with Crippen molar-refractivity contribution in [3.8, 4) is 0 Å². The van der Waals surface area contributed by atoms with Crippen LogP contribution in [-0.4, -0.2) is 21.5 Å². The molecule has 4 nitrogen and oxygen atoms in total. The van der Waals surface area contributed by atoms with Crippen LogP contribution < -0.4 is 10.4 Å². The van der Waals surface area contributed by atoms with Crippen LogP contribution in [-0.2, 0) is 4.43 Å². The van der Waals surface area contributed by atoms with Crippen LogP contribution in [0.25, 0.3) is 10.4 Å². The average Bonchev–Trinajstić information content (AvgIpc) is 2.62. The van der Waals surface area contributed by atoms with Gasteiger partial charge >= 0.3 is 0 Å². The summed E-state index contributed by atoms with van der Waals surface area (Å²) >= 11 is 0. The van der Waals surface area contributed by atoms with Crippen molar-refractivity contribution in [3.63, 3.8) is 0 Å². The topological polar surface area (TPSA) is 58.0 Å². The summed E-state index contributed by atoms with van der Waals surface area (Å²) in [6, 6.07) is 21.3. The Morgan fingerprint density at radius 3 is 1.88 bits per heavy atom. The highest BCUT2D eigenvalue weighted by molar-refractivity contribution is 6.99. The zero-order valence-corrected chi connectivity index (χ0v) is 16.4. The number of hydrogen-bond acceptors (Lipinski definition) is 2. The zero-order chi connectivity index (χ0) is 18.2. The van der Waals surface area contributed by atoms with Crippen LogP contribution in [0.4, 0.5) is 0 Å². The lowest BCUT2D eigenvalue weighted by atomic mass is 10.2. The maximum Gasteiger partial charge on any atom is 0.261 e. The van der Waals surface area contributed by atoms with Crippen LogP contribution in [0.5, 0.6) is 0 Å². The maximum atomic E-state index is 8.39. The minimum Gasteiger partial charge on any atom is -0.407 e. The van der Waals surface area contributed by atoms with Crippen LogP contribution >= 0.6 is 0 Å². The van der Waals surface area contributed by atoms with Gasteiger partial charge in [0.2, 0.25) is 0 Å². The van der Waals surface area contributed by atoms with Gasteiger partial charge in [-0.05, 0) is 33.8 Å². The first-order chi connectivity index (χ1) is 12.0. The highest BCUT2D eigenvalue weighted by Crippen LogP contribution is 2.36. The molecule has 132 valence electrons. The average molecular weight is 354 g/mol. The number of hydrogen-bond donors (Lipinski definition) is 0. The van der Waals surface area contributed by atoms with Crippen LogP contribution in [0.3, 0.4) is 0 Å². The van der Waals surface area contributed by atoms with Crippen LogP contribution in [0.15, 0.2) is 65.8 Å². The molecule has 2 aromatic rings. The number of azide groups is 1. The molecule has 25 heavy (non-hydrogen) atoms. The molecule has 0 amide bonds. The molecule has 0 aromatic heterocycles. The monoisotopic (exact) mass is 353 g/mol. The molecule has 0 saturated carbocycles. The molecule has 0 atom stereocenters. The molecular formula is C20H27N3OSi. The van der Waals surface area contributed by atoms with Gasteiger partial charge in [-0.3, -0.25) is 0 Å². The minimum absolute atomic E-state index is 0.000509. The Bertz CT molecular complexity index is 652. The SMILES string of the molecule is CC(C)(C)[Si](OCCCCN=[N+]=[N-])(c1ccccc1)c1ccccc1. The van der Waals surface area contributed by atoms with Crippen molar-refractivity contribution in [1.82, 2.24) is 0 Å². The van der Waals surface area contributed by atoms with E-state index in [1.165, 1.54) is 10.4 Å². The second kappa shape index (κ2) is 8.86. The highest BCUT2D eigenvalue weighted by atomic mass is 28.4. The lowest BCUT2D eigenvalue weighted by Gasteiger charge is -2.43. The standard InChI is InChI=1S/C20H27N3OSi/c1-20(2,3)25(18-12-6-4-7-13-18,19-14-8-5-9-15-19)24-17-11-10-16-22-23-21/h4-9,12-15H,10-11,16-17H2,1-3H3. The second-order valence-electron chi connectivity index (χ2n) is 7.17. The van der Waals surface area contributed by atoms with Gasteiger partial charge in [0.25, 0.3) is 8.32 Å². The van der Waals surface area contributed by atoms with E-state index in [2.05, 4.69) is 91.5 Å². The number of nitrogens with zero attached hydrogens (tertiary/aromatic N) is 3. The molecule has 2 aromatic carbocycles. The Balaban J connectivity index is 2.37. The van der Waals surface area contributed by atoms with E-state index >= 15 is 0 Å². The van der Waals surface area contributed by atoms with Gasteiger partial charge in [-0.1, -0.05) is 86.5 Å². The molecule has 5 heteroatoms. The Labute approximate surface area is 151 Å². The fourth-order valence-electron chi connectivity index (χ4n) is 3.32. The summed E-state index contributed by atoms with van der Waals surface area (Å²) in [5, 5.41) is 6.20. The van der Waals surface area contributed by atoms with Crippen molar-refractivity contribution in [2.75, 3.05) is 13.2 Å². The highest BCUT2D eigenvalue weighted by Gasteiger charge is 2.49. The van der Waals surface area contributed by atoms with E-state index in [9.17, 15) is 0 Å². The predicted molar refractivity (Wildman–Crippen MR) is 107 cm³/mol. The van der Waals surface area contributed by atoms with Crippen LogP contribution in [0.2, 0.25) is 5.04 Å². The van der Waals surface area contributed by atoms with Gasteiger partial charge < -0.3 is 4.43 Å². The third-order valence-corrected chi connectivity index (χ3v) is 9.49. The van der Waals surface area contributed by atoms with Crippen molar-refractivity contribution >= 4 is 18.7 Å². The maximum absolute atomic E-state index is 8.39. The molecule has 0 fully saturated rings. The van der Waals surface area contributed by atoms with Gasteiger partial charge in [0.1, 0.15) is 0 Å². The summed E-state index contributed by atoms with van der Waals surface area (Å²) in [5.41, 5.74) is 8.39. The minimum atomic E-state index is -2.42. The third-order valence-electron chi connectivity index (χ3n) is 4.45. The van der Waals surface area contributed by atoms with Crippen molar-refractivity contribution < 1.29 is 4.43 Å². The van der Waals surface area contributed by atoms with Crippen molar-refractivity contribution in [3.05, 3.63) is 71.1 Å². The lowest BCUT2D eigenvalue weighted by Crippen LogP contribution is -2.66. The van der Waals surface area contributed by atoms with Gasteiger partial charge in [0, 0.05) is 18.1 Å². The summed E-state index contributed by atoms with van der Waals surface area (Å²) in [7, 11) is -2.42. The molecule has 0 aliphatic heterocycles. The first-order valence-corrected chi connectivity index (χ1v) is 10.7. The van der Waals surface area contributed by atoms with Gasteiger partial charge in [-0.25, -0.2) is 0 Å². The molecule has 0 radical (unpaired) electrons. The Kier molecular flexibility index (Phi) is 6.82. The normalized spacial score (nSPS) is 11.8. The molecule has 2 rings (SSSR count). The van der Waals surface area contributed by atoms with E-state index in [4.69, 9.17) is 9.96 Å². The summed E-state index contributed by atoms with van der Waals surface area (Å²) in [4.78, 5) is 2.81. The van der Waals surface area contributed by atoms with E-state index in [0.717, 1.165) is 12.8 Å². The smallest absolute Gasteiger partial charge is 0.261 e. The molecule has 0 unspecified atom stereocenters. The molecule has 0 aliphatic rings. The molecular weight excluding hydrogens is 326 g/mol. The largest absolute Gasteiger partial charge is 0.407 e. The fraction of sp³-hybridized carbons (Fsp3) is 0.400. The zero-order valence-electron chi connectivity index (χ0n) is 15.4. The molecule has 0 N–H and O–H groups in total. The summed E-state index contributed by atoms with van der Waals surface area (Å²) in [6.07, 6.45) is 1.74. The second-order valence-corrected chi connectivity index (χ2v) is 11.5. The molecule has 0 aliphatic carbocycles. The number of unbranched alkanes of at least 4 members (excludes halogenated alkanes) is 1. The summed E-state index contributed by atoms with van der Waals surface area (Å²) in [5.74, 6) is 0. The van der Waals surface area contributed by atoms with E-state index in [-0.39, 0.29) is 5.04 Å². The molecule has 0 bridgehead atoms. The van der Waals surface area contributed by atoms with E-state index in [1.54, 1.807) is 0 Å². The van der Waals surface area contributed by atoms with Gasteiger partial charge in [-0.2, -0.15) is 0 Å². The first-order valence-electron chi connectivity index (χ1n) is 8.78. The van der Waals surface area contributed by atoms with E-state index in [0.29, 0.717) is 13.2 Å². The van der Waals surface area contributed by atoms with Crippen molar-refractivity contribution in [2.24, 2.45) is 5.11 Å². The quantitative estimate of drug-likeness (QED) is 0.224. The van der Waals surface area contributed by atoms with Crippen molar-refractivity contribution in [2.45, 2.75) is 38.7 Å². The van der Waals surface area contributed by atoms with Crippen molar-refractivity contribution in [1.29, 1.82) is 0 Å². The molecule has 0 heterocycles. The fourth-order valence-corrected chi connectivity index (χ4v) is 7.92. The summed E-state index contributed by atoms with van der Waals surface area (Å²) in [6.45, 7) is 8.03. The first kappa shape index (κ1) is 19.3. The number of rotatable bonds is 8. The van der Waals surface area contributed by atoms with Gasteiger partial charge in [-0.15, -0.1) is 0 Å².